The first-order valence-electron chi connectivity index (χ1n) is 3.96. The molecular weight excluding hydrogens is 217 g/mol. The van der Waals surface area contributed by atoms with Crippen LogP contribution in [0.5, 0.6) is 0 Å². The van der Waals surface area contributed by atoms with Crippen molar-refractivity contribution < 1.29 is 18.9 Å². The fraction of sp³-hybridized carbons (Fsp3) is 0.375. The second-order valence-electron chi connectivity index (χ2n) is 2.75. The van der Waals surface area contributed by atoms with Gasteiger partial charge in [-0.2, -0.15) is 13.2 Å². The van der Waals surface area contributed by atoms with Crippen LogP contribution >= 0.6 is 11.6 Å². The summed E-state index contributed by atoms with van der Waals surface area (Å²) in [6.45, 7) is 0.554. The third-order valence-electron chi connectivity index (χ3n) is 1.66. The van der Waals surface area contributed by atoms with Crippen molar-refractivity contribution in [2.75, 3.05) is 6.54 Å². The summed E-state index contributed by atoms with van der Waals surface area (Å²) in [5.74, 6) is 0. The highest BCUT2D eigenvalue weighted by Crippen LogP contribution is 2.30. The minimum atomic E-state index is -4.39. The van der Waals surface area contributed by atoms with Gasteiger partial charge in [-0.3, -0.25) is 4.98 Å². The Kier molecular flexibility index (Phi) is 3.34. The average molecular weight is 226 g/mol. The third-order valence-corrected chi connectivity index (χ3v) is 1.99. The molecule has 78 valence electrons. The molecule has 0 aliphatic carbocycles. The highest BCUT2D eigenvalue weighted by molar-refractivity contribution is 6.31. The van der Waals surface area contributed by atoms with Gasteiger partial charge in [0.05, 0.1) is 22.8 Å². The van der Waals surface area contributed by atoms with E-state index >= 15 is 0 Å². The number of halogens is 4. The quantitative estimate of drug-likeness (QED) is 0.815. The van der Waals surface area contributed by atoms with Crippen LogP contribution in [0.4, 0.5) is 13.2 Å². The Hall–Kier alpha value is -0.810. The summed E-state index contributed by atoms with van der Waals surface area (Å²) in [7, 11) is 0. The molecule has 1 rings (SSSR count). The molecule has 3 N–H and O–H groups in total. The molecule has 0 bridgehead atoms. The largest absolute Gasteiger partial charge is 0.417 e. The molecule has 0 atom stereocenters. The van der Waals surface area contributed by atoms with Crippen molar-refractivity contribution in [1.29, 1.82) is 0 Å². The second-order valence-corrected chi connectivity index (χ2v) is 3.16. The summed E-state index contributed by atoms with van der Waals surface area (Å²) < 4.78 is 36.5. The summed E-state index contributed by atoms with van der Waals surface area (Å²) in [6, 6.07) is 0.888. The molecule has 0 aliphatic rings. The van der Waals surface area contributed by atoms with Crippen LogP contribution in [0.1, 0.15) is 11.3 Å². The van der Waals surface area contributed by atoms with Gasteiger partial charge in [-0.25, -0.2) is 0 Å². The van der Waals surface area contributed by atoms with E-state index in [-0.39, 0.29) is 5.02 Å². The van der Waals surface area contributed by atoms with Crippen LogP contribution in [0, 0.1) is 0 Å². The van der Waals surface area contributed by atoms with Crippen LogP contribution in [-0.2, 0) is 12.6 Å². The molecule has 2 nitrogen and oxygen atoms in total. The summed E-state index contributed by atoms with van der Waals surface area (Å²) in [4.78, 5) is 3.64. The summed E-state index contributed by atoms with van der Waals surface area (Å²) in [6.07, 6.45) is -3.12. The number of pyridine rings is 1. The molecule has 0 fully saturated rings. The number of quaternary nitrogens is 1. The fourth-order valence-corrected chi connectivity index (χ4v) is 1.23. The van der Waals surface area contributed by atoms with Gasteiger partial charge in [-0.05, 0) is 6.07 Å². The standard InChI is InChI=1S/C8H8ClF3N2/c9-6-3-5(8(10,11)12)4-14-7(6)1-2-13/h3-4H,1-2,13H2/p+1. The Morgan fingerprint density at radius 1 is 1.43 bits per heavy atom. The monoisotopic (exact) mass is 225 g/mol. The molecule has 14 heavy (non-hydrogen) atoms. The average Bonchev–Trinajstić information content (AvgIpc) is 2.07. The smallest absolute Gasteiger partial charge is 0.357 e. The fourth-order valence-electron chi connectivity index (χ4n) is 0.973. The Bertz CT molecular complexity index is 325. The van der Waals surface area contributed by atoms with Crippen LogP contribution in [0.25, 0.3) is 0 Å². The minimum Gasteiger partial charge on any atom is -0.357 e. The van der Waals surface area contributed by atoms with Gasteiger partial charge in [0, 0.05) is 12.6 Å². The minimum absolute atomic E-state index is 0.0449. The maximum atomic E-state index is 12.2. The SMILES string of the molecule is [NH3+]CCc1ncc(C(F)(F)F)cc1Cl. The molecule has 0 unspecified atom stereocenters. The molecule has 0 saturated carbocycles. The van der Waals surface area contributed by atoms with Crippen molar-refractivity contribution in [3.05, 3.63) is 28.5 Å². The first kappa shape index (κ1) is 11.3. The summed E-state index contributed by atoms with van der Waals surface area (Å²) in [5.41, 5.74) is 3.20. The van der Waals surface area contributed by atoms with E-state index in [1.165, 1.54) is 0 Å². The topological polar surface area (TPSA) is 40.5 Å². The van der Waals surface area contributed by atoms with E-state index in [4.69, 9.17) is 11.6 Å². The van der Waals surface area contributed by atoms with Crippen LogP contribution < -0.4 is 5.73 Å². The number of alkyl halides is 3. The predicted molar refractivity (Wildman–Crippen MR) is 45.7 cm³/mol. The van der Waals surface area contributed by atoms with E-state index < -0.39 is 11.7 Å². The van der Waals surface area contributed by atoms with Crippen molar-refractivity contribution in [3.8, 4) is 0 Å². The van der Waals surface area contributed by atoms with Crippen molar-refractivity contribution in [2.24, 2.45) is 0 Å². The Balaban J connectivity index is 3.01. The van der Waals surface area contributed by atoms with Gasteiger partial charge in [-0.15, -0.1) is 0 Å². The maximum absolute atomic E-state index is 12.2. The first-order valence-corrected chi connectivity index (χ1v) is 4.34. The number of hydrogen-bond acceptors (Lipinski definition) is 1. The maximum Gasteiger partial charge on any atom is 0.417 e. The Morgan fingerprint density at radius 3 is 2.50 bits per heavy atom. The first-order chi connectivity index (χ1) is 6.45. The molecule has 0 spiro atoms. The van der Waals surface area contributed by atoms with Gasteiger partial charge in [0.15, 0.2) is 0 Å². The van der Waals surface area contributed by atoms with Gasteiger partial charge < -0.3 is 5.73 Å². The Morgan fingerprint density at radius 2 is 2.07 bits per heavy atom. The molecular formula is C8H9ClF3N2+. The third kappa shape index (κ3) is 2.59. The zero-order valence-corrected chi connectivity index (χ0v) is 7.99. The van der Waals surface area contributed by atoms with E-state index in [2.05, 4.69) is 10.7 Å². The van der Waals surface area contributed by atoms with Crippen molar-refractivity contribution in [1.82, 2.24) is 4.98 Å². The number of rotatable bonds is 2. The van der Waals surface area contributed by atoms with Crippen molar-refractivity contribution in [2.45, 2.75) is 12.6 Å². The van der Waals surface area contributed by atoms with E-state index in [0.717, 1.165) is 12.3 Å². The van der Waals surface area contributed by atoms with Crippen LogP contribution in [-0.4, -0.2) is 11.5 Å². The van der Waals surface area contributed by atoms with Gasteiger partial charge in [0.25, 0.3) is 0 Å². The van der Waals surface area contributed by atoms with E-state index in [1.54, 1.807) is 0 Å². The molecule has 0 saturated heterocycles. The van der Waals surface area contributed by atoms with Crippen molar-refractivity contribution >= 4 is 11.6 Å². The van der Waals surface area contributed by atoms with Gasteiger partial charge in [-0.1, -0.05) is 11.6 Å². The molecule has 1 heterocycles. The lowest BCUT2D eigenvalue weighted by molar-refractivity contribution is -0.366. The lowest BCUT2D eigenvalue weighted by Gasteiger charge is -2.07. The lowest BCUT2D eigenvalue weighted by atomic mass is 10.2. The number of nitrogens with zero attached hydrogens (tertiary/aromatic N) is 1. The van der Waals surface area contributed by atoms with Crippen LogP contribution in [0.2, 0.25) is 5.02 Å². The van der Waals surface area contributed by atoms with Crippen LogP contribution in [0.15, 0.2) is 12.3 Å². The van der Waals surface area contributed by atoms with Gasteiger partial charge in [0.1, 0.15) is 0 Å². The normalized spacial score (nSPS) is 11.8. The van der Waals surface area contributed by atoms with Crippen LogP contribution in [0.3, 0.4) is 0 Å². The lowest BCUT2D eigenvalue weighted by Crippen LogP contribution is -2.51. The zero-order valence-electron chi connectivity index (χ0n) is 7.24. The molecule has 1 aromatic rings. The van der Waals surface area contributed by atoms with Gasteiger partial charge >= 0.3 is 6.18 Å². The van der Waals surface area contributed by atoms with E-state index in [9.17, 15) is 13.2 Å². The highest BCUT2D eigenvalue weighted by Gasteiger charge is 2.31. The second kappa shape index (κ2) is 4.14. The Labute approximate surface area is 83.9 Å². The van der Waals surface area contributed by atoms with E-state index in [1.807, 2.05) is 0 Å². The molecule has 0 radical (unpaired) electrons. The number of aromatic nitrogens is 1. The van der Waals surface area contributed by atoms with E-state index in [0.29, 0.717) is 18.7 Å². The molecule has 0 aromatic carbocycles. The molecule has 1 aromatic heterocycles. The van der Waals surface area contributed by atoms with Gasteiger partial charge in [0.2, 0.25) is 0 Å². The summed E-state index contributed by atoms with van der Waals surface area (Å²) in [5, 5.41) is 0.0449. The predicted octanol–water partition coefficient (Wildman–Crippen LogP) is 1.54. The molecule has 0 amide bonds. The summed E-state index contributed by atoms with van der Waals surface area (Å²) >= 11 is 5.62. The molecule has 0 aliphatic heterocycles. The van der Waals surface area contributed by atoms with Crippen molar-refractivity contribution in [3.63, 3.8) is 0 Å². The molecule has 6 heteroatoms. The highest BCUT2D eigenvalue weighted by atomic mass is 35.5. The number of hydrogen-bond donors (Lipinski definition) is 1. The zero-order chi connectivity index (χ0) is 10.8.